The van der Waals surface area contributed by atoms with Gasteiger partial charge in [0.1, 0.15) is 17.6 Å². The van der Waals surface area contributed by atoms with Crippen molar-refractivity contribution in [3.05, 3.63) is 58.9 Å². The van der Waals surface area contributed by atoms with E-state index in [2.05, 4.69) is 6.07 Å². The Bertz CT molecular complexity index is 651. The average Bonchev–Trinajstić information content (AvgIpc) is 2.94. The smallest absolute Gasteiger partial charge is 0.138 e. The number of hydrogen-bond donors (Lipinski definition) is 1. The molecule has 0 spiro atoms. The summed E-state index contributed by atoms with van der Waals surface area (Å²) in [6.45, 7) is 1.88. The van der Waals surface area contributed by atoms with Gasteiger partial charge in [-0.2, -0.15) is 0 Å². The van der Waals surface area contributed by atoms with Gasteiger partial charge in [0.15, 0.2) is 0 Å². The summed E-state index contributed by atoms with van der Waals surface area (Å²) in [7, 11) is 0. The van der Waals surface area contributed by atoms with Crippen LogP contribution in [0, 0.1) is 6.92 Å². The van der Waals surface area contributed by atoms with Gasteiger partial charge in [0.05, 0.1) is 0 Å². The molecule has 2 aromatic heterocycles. The van der Waals surface area contributed by atoms with Gasteiger partial charge in [-0.05, 0) is 35.9 Å². The van der Waals surface area contributed by atoms with Crippen LogP contribution >= 0.6 is 11.3 Å². The van der Waals surface area contributed by atoms with Crippen molar-refractivity contribution < 1.29 is 9.52 Å². The predicted molar refractivity (Wildman–Crippen MR) is 69.3 cm³/mol. The molecular formula is C14H12O2S. The highest BCUT2D eigenvalue weighted by atomic mass is 32.1. The van der Waals surface area contributed by atoms with Crippen molar-refractivity contribution in [2.24, 2.45) is 0 Å². The molecule has 0 aliphatic rings. The van der Waals surface area contributed by atoms with Crippen LogP contribution in [-0.4, -0.2) is 5.11 Å². The lowest BCUT2D eigenvalue weighted by Gasteiger charge is -2.06. The second-order valence-corrected chi connectivity index (χ2v) is 4.95. The first-order valence-corrected chi connectivity index (χ1v) is 6.34. The number of fused-ring (bicyclic) bond motifs is 1. The lowest BCUT2D eigenvalue weighted by atomic mass is 10.1. The number of hydrogen-bond acceptors (Lipinski definition) is 3. The molecule has 3 heteroatoms. The maximum atomic E-state index is 10.3. The second-order valence-electron chi connectivity index (χ2n) is 4.04. The van der Waals surface area contributed by atoms with Gasteiger partial charge in [0.25, 0.3) is 0 Å². The van der Waals surface area contributed by atoms with E-state index in [1.807, 2.05) is 42.6 Å². The highest BCUT2D eigenvalue weighted by Gasteiger charge is 2.17. The van der Waals surface area contributed by atoms with Gasteiger partial charge in [0, 0.05) is 10.3 Å². The summed E-state index contributed by atoms with van der Waals surface area (Å²) in [5.41, 5.74) is 0.917. The molecule has 0 saturated heterocycles. The van der Waals surface area contributed by atoms with Crippen molar-refractivity contribution in [1.29, 1.82) is 0 Å². The summed E-state index contributed by atoms with van der Waals surface area (Å²) in [5.74, 6) is 1.42. The fraction of sp³-hybridized carbons (Fsp3) is 0.143. The largest absolute Gasteiger partial charge is 0.463 e. The Hall–Kier alpha value is -1.58. The number of rotatable bonds is 2. The Kier molecular flexibility index (Phi) is 2.50. The average molecular weight is 244 g/mol. The first-order chi connectivity index (χ1) is 8.25. The van der Waals surface area contributed by atoms with Crippen LogP contribution in [0.2, 0.25) is 0 Å². The number of aryl methyl sites for hydroxylation is 1. The molecule has 0 radical (unpaired) electrons. The van der Waals surface area contributed by atoms with Crippen molar-refractivity contribution in [3.63, 3.8) is 0 Å². The molecule has 0 aliphatic heterocycles. The van der Waals surface area contributed by atoms with E-state index in [-0.39, 0.29) is 0 Å². The third kappa shape index (κ3) is 1.77. The van der Waals surface area contributed by atoms with E-state index < -0.39 is 6.10 Å². The van der Waals surface area contributed by atoms with E-state index in [1.54, 1.807) is 11.3 Å². The number of benzene rings is 1. The normalized spacial score (nSPS) is 13.1. The van der Waals surface area contributed by atoms with Gasteiger partial charge in [-0.15, -0.1) is 11.3 Å². The summed E-state index contributed by atoms with van der Waals surface area (Å²) >= 11 is 1.64. The fourth-order valence-corrected chi connectivity index (χ4v) is 2.94. The van der Waals surface area contributed by atoms with Gasteiger partial charge >= 0.3 is 0 Å². The van der Waals surface area contributed by atoms with Crippen molar-refractivity contribution in [2.45, 2.75) is 13.0 Å². The molecule has 1 unspecified atom stereocenters. The minimum Gasteiger partial charge on any atom is -0.463 e. The monoisotopic (exact) mass is 244 g/mol. The van der Waals surface area contributed by atoms with Crippen LogP contribution in [0.4, 0.5) is 0 Å². The van der Waals surface area contributed by atoms with Crippen molar-refractivity contribution in [1.82, 2.24) is 0 Å². The van der Waals surface area contributed by atoms with E-state index in [1.165, 1.54) is 4.70 Å². The molecule has 17 heavy (non-hydrogen) atoms. The summed E-state index contributed by atoms with van der Waals surface area (Å²) < 4.78 is 6.66. The predicted octanol–water partition coefficient (Wildman–Crippen LogP) is 3.88. The Labute approximate surface area is 103 Å². The highest BCUT2D eigenvalue weighted by molar-refractivity contribution is 7.17. The van der Waals surface area contributed by atoms with Crippen molar-refractivity contribution in [3.8, 4) is 0 Å². The number of aliphatic hydroxyl groups excluding tert-OH is 1. The van der Waals surface area contributed by atoms with Crippen LogP contribution in [0.5, 0.6) is 0 Å². The molecule has 2 nitrogen and oxygen atoms in total. The summed E-state index contributed by atoms with van der Waals surface area (Å²) in [6, 6.07) is 11.8. The van der Waals surface area contributed by atoms with E-state index in [0.717, 1.165) is 16.7 Å². The first kappa shape index (κ1) is 10.6. The summed E-state index contributed by atoms with van der Waals surface area (Å²) in [6.07, 6.45) is -0.681. The maximum Gasteiger partial charge on any atom is 0.138 e. The molecule has 0 amide bonds. The molecule has 86 valence electrons. The molecule has 1 aromatic carbocycles. The maximum absolute atomic E-state index is 10.3. The fourth-order valence-electron chi connectivity index (χ4n) is 1.96. The van der Waals surface area contributed by atoms with E-state index in [0.29, 0.717) is 5.76 Å². The second kappa shape index (κ2) is 4.02. The molecule has 0 fully saturated rings. The molecule has 1 N–H and O–H groups in total. The number of furan rings is 1. The topological polar surface area (TPSA) is 33.4 Å². The minimum absolute atomic E-state index is 0.603. The number of thiophene rings is 1. The molecule has 0 saturated carbocycles. The SMILES string of the molecule is Cc1ccc(C(O)c2csc3ccccc23)o1. The Morgan fingerprint density at radius 1 is 1.18 bits per heavy atom. The quantitative estimate of drug-likeness (QED) is 0.742. The molecular weight excluding hydrogens is 232 g/mol. The van der Waals surface area contributed by atoms with Crippen LogP contribution in [0.25, 0.3) is 10.1 Å². The van der Waals surface area contributed by atoms with E-state index in [9.17, 15) is 5.11 Å². The van der Waals surface area contributed by atoms with Gasteiger partial charge in [-0.3, -0.25) is 0 Å². The van der Waals surface area contributed by atoms with E-state index >= 15 is 0 Å². The van der Waals surface area contributed by atoms with Crippen molar-refractivity contribution >= 4 is 21.4 Å². The Morgan fingerprint density at radius 3 is 2.76 bits per heavy atom. The molecule has 1 atom stereocenters. The van der Waals surface area contributed by atoms with E-state index in [4.69, 9.17) is 4.42 Å². The highest BCUT2D eigenvalue weighted by Crippen LogP contribution is 2.33. The molecule has 3 aromatic rings. The lowest BCUT2D eigenvalue weighted by Crippen LogP contribution is -1.96. The minimum atomic E-state index is -0.681. The van der Waals surface area contributed by atoms with Gasteiger partial charge in [-0.1, -0.05) is 18.2 Å². The third-order valence-electron chi connectivity index (χ3n) is 2.84. The molecule has 0 bridgehead atoms. The molecule has 0 aliphatic carbocycles. The zero-order valence-corrected chi connectivity index (χ0v) is 10.2. The Morgan fingerprint density at radius 2 is 2.00 bits per heavy atom. The third-order valence-corrected chi connectivity index (χ3v) is 3.82. The lowest BCUT2D eigenvalue weighted by molar-refractivity contribution is 0.189. The Balaban J connectivity index is 2.09. The zero-order valence-electron chi connectivity index (χ0n) is 9.38. The summed E-state index contributed by atoms with van der Waals surface area (Å²) in [4.78, 5) is 0. The zero-order chi connectivity index (χ0) is 11.8. The van der Waals surface area contributed by atoms with Gasteiger partial charge in [-0.25, -0.2) is 0 Å². The van der Waals surface area contributed by atoms with Crippen molar-refractivity contribution in [2.75, 3.05) is 0 Å². The number of aliphatic hydroxyl groups is 1. The van der Waals surface area contributed by atoms with Crippen LogP contribution < -0.4 is 0 Å². The van der Waals surface area contributed by atoms with Gasteiger partial charge < -0.3 is 9.52 Å². The first-order valence-electron chi connectivity index (χ1n) is 5.46. The summed E-state index contributed by atoms with van der Waals surface area (Å²) in [5, 5.41) is 13.4. The van der Waals surface area contributed by atoms with Crippen LogP contribution in [0.3, 0.4) is 0 Å². The van der Waals surface area contributed by atoms with Crippen LogP contribution in [0.1, 0.15) is 23.2 Å². The molecule has 2 heterocycles. The van der Waals surface area contributed by atoms with Crippen LogP contribution in [-0.2, 0) is 0 Å². The molecule has 3 rings (SSSR count). The van der Waals surface area contributed by atoms with Crippen LogP contribution in [0.15, 0.2) is 46.2 Å². The standard InChI is InChI=1S/C14H12O2S/c1-9-6-7-12(16-9)14(15)11-8-17-13-5-3-2-4-10(11)13/h2-8,14-15H,1H3. The van der Waals surface area contributed by atoms with Gasteiger partial charge in [0.2, 0.25) is 0 Å².